The van der Waals surface area contributed by atoms with Crippen molar-refractivity contribution in [2.24, 2.45) is 11.3 Å². The van der Waals surface area contributed by atoms with E-state index in [1.807, 2.05) is 37.4 Å². The molecule has 0 bridgehead atoms. The average Bonchev–Trinajstić information content (AvgIpc) is 1.99. The molecule has 85 heavy (non-hydrogen) atoms. The normalized spacial score (nSPS) is 24.5. The van der Waals surface area contributed by atoms with Crippen molar-refractivity contribution in [3.63, 3.8) is 0 Å². The average molecular weight is 1180 g/mol. The number of nitrogens with zero attached hydrogens (tertiary/aromatic N) is 6. The van der Waals surface area contributed by atoms with E-state index in [-0.39, 0.29) is 40.8 Å². The number of sulfonamides is 1. The van der Waals surface area contributed by atoms with E-state index in [9.17, 15) is 28.4 Å². The summed E-state index contributed by atoms with van der Waals surface area (Å²) in [7, 11) is -2.86. The predicted octanol–water partition coefficient (Wildman–Crippen LogP) is 10.6. The molecule has 6 fully saturated rings. The molecule has 3 saturated carbocycles. The van der Waals surface area contributed by atoms with Crippen molar-refractivity contribution in [3.8, 4) is 17.4 Å². The Hall–Kier alpha value is -6.97. The Balaban J connectivity index is 0.751. The van der Waals surface area contributed by atoms with E-state index in [2.05, 4.69) is 90.9 Å². The summed E-state index contributed by atoms with van der Waals surface area (Å²) in [6.07, 6.45) is 11.4. The molecule has 1 spiro atoms. The zero-order valence-electron chi connectivity index (χ0n) is 49.1. The number of piperidine rings is 1. The first kappa shape index (κ1) is 57.1. The summed E-state index contributed by atoms with van der Waals surface area (Å²) in [5, 5.41) is 26.9. The highest BCUT2D eigenvalue weighted by Gasteiger charge is 2.51. The number of nitro benzene ring substituents is 1. The number of aliphatic hydroxyl groups is 1. The maximum atomic E-state index is 14.9. The smallest absolute Gasteiger partial charge is 0.293 e. The minimum Gasteiger partial charge on any atom is -0.496 e. The van der Waals surface area contributed by atoms with Crippen molar-refractivity contribution in [2.75, 3.05) is 74.7 Å². The van der Waals surface area contributed by atoms with Gasteiger partial charge in [0.1, 0.15) is 34.6 Å². The number of rotatable bonds is 17. The first-order chi connectivity index (χ1) is 41.0. The van der Waals surface area contributed by atoms with Crippen molar-refractivity contribution >= 4 is 55.4 Å². The number of nitrogens with one attached hydrogen (secondary N) is 3. The Kier molecular flexibility index (Phi) is 15.5. The topological polar surface area (TPSA) is 217 Å². The fourth-order valence-corrected chi connectivity index (χ4v) is 15.5. The van der Waals surface area contributed by atoms with Crippen LogP contribution in [0.25, 0.3) is 11.0 Å². The highest BCUT2D eigenvalue weighted by molar-refractivity contribution is 7.90. The molecule has 1 amide bonds. The monoisotopic (exact) mass is 1180 g/mol. The van der Waals surface area contributed by atoms with E-state index in [0.29, 0.717) is 73.9 Å². The van der Waals surface area contributed by atoms with Crippen LogP contribution in [0.15, 0.2) is 102 Å². The van der Waals surface area contributed by atoms with Gasteiger partial charge < -0.3 is 44.2 Å². The number of aromatic amines is 1. The molecular weight excluding hydrogens is 1100 g/mol. The molecule has 13 rings (SSSR count). The highest BCUT2D eigenvalue weighted by Crippen LogP contribution is 2.54. The van der Waals surface area contributed by atoms with Crippen LogP contribution in [0.1, 0.15) is 130 Å². The van der Waals surface area contributed by atoms with E-state index in [4.69, 9.17) is 23.9 Å². The summed E-state index contributed by atoms with van der Waals surface area (Å²) in [5.74, 6) is 2.24. The minimum absolute atomic E-state index is 0.0456. The fraction of sp³-hybridized carbons (Fsp3) is 0.508. The number of ether oxygens (including phenoxy) is 4. The largest absolute Gasteiger partial charge is 0.496 e. The van der Waals surface area contributed by atoms with Gasteiger partial charge in [-0.1, -0.05) is 30.3 Å². The van der Waals surface area contributed by atoms with Gasteiger partial charge in [-0.25, -0.2) is 13.1 Å². The van der Waals surface area contributed by atoms with E-state index < -0.39 is 43.1 Å². The van der Waals surface area contributed by atoms with Crippen molar-refractivity contribution in [1.82, 2.24) is 24.5 Å². The van der Waals surface area contributed by atoms with Crippen LogP contribution in [-0.4, -0.2) is 134 Å². The molecule has 3 atom stereocenters. The Morgan fingerprint density at radius 3 is 2.47 bits per heavy atom. The van der Waals surface area contributed by atoms with Gasteiger partial charge in [0.05, 0.1) is 58.6 Å². The quantitative estimate of drug-likeness (QED) is 0.0493. The number of amides is 1. The van der Waals surface area contributed by atoms with Crippen molar-refractivity contribution in [2.45, 2.75) is 145 Å². The Morgan fingerprint density at radius 1 is 0.906 bits per heavy atom. The number of benzene rings is 4. The minimum atomic E-state index is -4.65. The van der Waals surface area contributed by atoms with Crippen LogP contribution in [0.4, 0.5) is 28.4 Å². The van der Waals surface area contributed by atoms with Crippen LogP contribution >= 0.6 is 0 Å². The Morgan fingerprint density at radius 2 is 1.71 bits per heavy atom. The molecule has 20 heteroatoms. The van der Waals surface area contributed by atoms with Crippen LogP contribution in [0.5, 0.6) is 17.4 Å². The summed E-state index contributed by atoms with van der Waals surface area (Å²) in [4.78, 5) is 44.2. The number of methoxy groups -OCH3 is 1. The molecule has 3 aliphatic carbocycles. The number of piperazine rings is 1. The van der Waals surface area contributed by atoms with Crippen LogP contribution in [0.3, 0.4) is 0 Å². The SMILES string of the molecule is COc1cc(CN2CCN(C3CC4(CCN(c5ccc(C(=O)NS(=O)(=O)c6ccc(NCC7CCC(C)(O)CC7)c([N+](=O)[O-])c6)c(N6c7cc8cc[nH]c8nc7O[C@H]7COCC[C@@H]76)c5)CC4)C3)[C@@H](c3ccccc3OC(C)C)C2)ccc1C1CC1. The molecule has 7 aliphatic rings. The lowest BCUT2D eigenvalue weighted by Crippen LogP contribution is -2.59. The molecule has 2 aromatic heterocycles. The highest BCUT2D eigenvalue weighted by atomic mass is 32.2. The predicted molar refractivity (Wildman–Crippen MR) is 326 cm³/mol. The van der Waals surface area contributed by atoms with E-state index in [1.54, 1.807) is 13.2 Å². The number of anilines is 4. The van der Waals surface area contributed by atoms with Gasteiger partial charge in [0.2, 0.25) is 5.88 Å². The maximum Gasteiger partial charge on any atom is 0.293 e. The first-order valence-electron chi connectivity index (χ1n) is 30.6. The van der Waals surface area contributed by atoms with Gasteiger partial charge >= 0.3 is 0 Å². The van der Waals surface area contributed by atoms with Gasteiger partial charge in [-0.05, 0) is 174 Å². The zero-order valence-corrected chi connectivity index (χ0v) is 50.0. The van der Waals surface area contributed by atoms with E-state index >= 15 is 0 Å². The van der Waals surface area contributed by atoms with Crippen molar-refractivity contribution < 1.29 is 42.2 Å². The van der Waals surface area contributed by atoms with Crippen LogP contribution in [0, 0.1) is 21.4 Å². The van der Waals surface area contributed by atoms with Gasteiger partial charge in [-0.3, -0.25) is 24.7 Å². The molecular formula is C65H79N9O10S. The number of fused-ring (bicyclic) bond motifs is 3. The van der Waals surface area contributed by atoms with Crippen LogP contribution in [-0.2, 0) is 21.3 Å². The zero-order chi connectivity index (χ0) is 58.8. The summed E-state index contributed by atoms with van der Waals surface area (Å²) in [6.45, 7) is 12.4. The second-order valence-corrected chi connectivity index (χ2v) is 27.4. The van der Waals surface area contributed by atoms with Gasteiger partial charge in [0, 0.05) is 87.4 Å². The number of carbonyl (C=O) groups is 1. The van der Waals surface area contributed by atoms with E-state index in [1.165, 1.54) is 41.7 Å². The third-order valence-electron chi connectivity index (χ3n) is 19.4. The Labute approximate surface area is 497 Å². The van der Waals surface area contributed by atoms with Gasteiger partial charge in [-0.2, -0.15) is 4.98 Å². The second kappa shape index (κ2) is 23.0. The number of aromatic nitrogens is 2. The summed E-state index contributed by atoms with van der Waals surface area (Å²) < 4.78 is 55.9. The van der Waals surface area contributed by atoms with Crippen LogP contribution in [0.2, 0.25) is 0 Å². The maximum absolute atomic E-state index is 14.9. The number of pyridine rings is 1. The Bertz CT molecular complexity index is 3580. The summed E-state index contributed by atoms with van der Waals surface area (Å²) in [5.41, 5.74) is 5.82. The molecule has 6 aromatic rings. The second-order valence-electron chi connectivity index (χ2n) is 25.7. The molecule has 19 nitrogen and oxygen atoms in total. The molecule has 6 heterocycles. The summed E-state index contributed by atoms with van der Waals surface area (Å²) in [6, 6.07) is 28.9. The number of hydrogen-bond donors (Lipinski definition) is 4. The van der Waals surface area contributed by atoms with Crippen molar-refractivity contribution in [1.29, 1.82) is 0 Å². The number of carbonyl (C=O) groups excluding carboxylic acids is 1. The molecule has 4 N–H and O–H groups in total. The van der Waals surface area contributed by atoms with Crippen molar-refractivity contribution in [3.05, 3.63) is 130 Å². The number of H-pyrrole nitrogens is 1. The fourth-order valence-electron chi connectivity index (χ4n) is 14.5. The first-order valence-corrected chi connectivity index (χ1v) is 32.1. The third-order valence-corrected chi connectivity index (χ3v) is 20.7. The standard InChI is InChI=1S/C65H79N9O10S/c1-41(2)83-58-8-6-5-7-50(58)57-39-70(38-43-9-14-49(44-10-11-44)59(31-43)81-4)28-29-72(57)47-35-65(36-47)23-26-71(27-24-65)46-12-15-51(54(33-46)73-53-20-30-82-40-60(53)84-63-56(73)32-45-19-25-66-61(45)68-63)62(75)69-85(79,80)48-13-16-52(55(34-48)74(77)78)67-37-42-17-21-64(3,76)22-18-42/h5-9,12-16,19,25,31-34,41-42,44,47,53,57,60,67,76H,10-11,17-18,20-24,26-30,35-40H2,1-4H3,(H,66,68)(H,69,75)/t42?,53-,57+,60-,64?/m0/s1. The molecule has 4 aromatic carbocycles. The molecule has 0 unspecified atom stereocenters. The lowest BCUT2D eigenvalue weighted by atomic mass is 9.59. The van der Waals surface area contributed by atoms with Crippen LogP contribution < -0.4 is 34.0 Å². The lowest BCUT2D eigenvalue weighted by molar-refractivity contribution is -0.384. The molecule has 3 saturated heterocycles. The lowest BCUT2D eigenvalue weighted by Gasteiger charge is -2.58. The third kappa shape index (κ3) is 11.8. The number of hydrogen-bond acceptors (Lipinski definition) is 16. The molecule has 4 aliphatic heterocycles. The molecule has 450 valence electrons. The van der Waals surface area contributed by atoms with E-state index in [0.717, 1.165) is 106 Å². The van der Waals surface area contributed by atoms with Gasteiger partial charge in [0.25, 0.3) is 21.6 Å². The number of para-hydroxylation sites is 1. The molecule has 0 radical (unpaired) electrons. The number of nitro groups is 1. The summed E-state index contributed by atoms with van der Waals surface area (Å²) >= 11 is 0. The van der Waals surface area contributed by atoms with Gasteiger partial charge in [-0.15, -0.1) is 0 Å². The van der Waals surface area contributed by atoms with Gasteiger partial charge in [0.15, 0.2) is 0 Å².